The van der Waals surface area contributed by atoms with Gasteiger partial charge in [-0.15, -0.1) is 0 Å². The maximum atomic E-state index is 10.7. The normalized spacial score (nSPS) is 10.7. The summed E-state index contributed by atoms with van der Waals surface area (Å²) >= 11 is 0. The average molecular weight is 182 g/mol. The number of primary sulfonamides is 1. The predicted molar refractivity (Wildman–Crippen MR) is 44.1 cm³/mol. The zero-order chi connectivity index (χ0) is 9.19. The van der Waals surface area contributed by atoms with Crippen LogP contribution in [0.2, 0.25) is 0 Å². The molecule has 0 aromatic heterocycles. The smallest absolute Gasteiger partial charge is 0.237 e. The van der Waals surface area contributed by atoms with Gasteiger partial charge in [0, 0.05) is 0 Å². The van der Waals surface area contributed by atoms with Gasteiger partial charge in [0.2, 0.25) is 10.0 Å². The highest BCUT2D eigenvalue weighted by atomic mass is 32.2. The Kier molecular flexibility index (Phi) is 2.13. The molecule has 2 N–H and O–H groups in total. The highest BCUT2D eigenvalue weighted by Gasteiger charge is 2.05. The van der Waals surface area contributed by atoms with Crippen LogP contribution in [-0.4, -0.2) is 8.42 Å². The molecule has 0 bridgehead atoms. The largest absolute Gasteiger partial charge is 0.238 e. The van der Waals surface area contributed by atoms with Gasteiger partial charge in [-0.1, -0.05) is 24.3 Å². The topological polar surface area (TPSA) is 64.5 Å². The van der Waals surface area contributed by atoms with Crippen LogP contribution < -0.4 is 5.14 Å². The molecule has 1 aromatic rings. The number of nitrogens with two attached hydrogens (primary N) is 1. The van der Waals surface area contributed by atoms with Crippen molar-refractivity contribution in [2.24, 2.45) is 5.14 Å². The SMILES string of the molecule is [C-]#[N+]c1ccc(S(N)(=O)=O)cc1. The summed E-state index contributed by atoms with van der Waals surface area (Å²) in [5.74, 6) is 0. The monoisotopic (exact) mass is 182 g/mol. The molecule has 0 aliphatic rings. The van der Waals surface area contributed by atoms with Crippen molar-refractivity contribution >= 4 is 15.7 Å². The molecule has 5 heteroatoms. The van der Waals surface area contributed by atoms with Crippen LogP contribution in [0.4, 0.5) is 5.69 Å². The molecule has 0 atom stereocenters. The van der Waals surface area contributed by atoms with Crippen LogP contribution in [-0.2, 0) is 10.0 Å². The second-order valence-electron chi connectivity index (χ2n) is 2.15. The van der Waals surface area contributed by atoms with E-state index >= 15 is 0 Å². The van der Waals surface area contributed by atoms with E-state index in [1.807, 2.05) is 0 Å². The van der Waals surface area contributed by atoms with Gasteiger partial charge in [-0.3, -0.25) is 0 Å². The van der Waals surface area contributed by atoms with E-state index in [1.54, 1.807) is 0 Å². The van der Waals surface area contributed by atoms with Crippen LogP contribution in [0.25, 0.3) is 4.85 Å². The summed E-state index contributed by atoms with van der Waals surface area (Å²) in [6.07, 6.45) is 0. The van der Waals surface area contributed by atoms with Crippen molar-refractivity contribution in [2.75, 3.05) is 0 Å². The molecule has 1 aromatic carbocycles. The van der Waals surface area contributed by atoms with Gasteiger partial charge in [0.1, 0.15) is 0 Å². The number of benzene rings is 1. The van der Waals surface area contributed by atoms with Crippen LogP contribution >= 0.6 is 0 Å². The Bertz CT molecular complexity index is 414. The minimum absolute atomic E-state index is 0.0231. The van der Waals surface area contributed by atoms with Crippen molar-refractivity contribution in [3.63, 3.8) is 0 Å². The molecule has 0 aliphatic carbocycles. The Morgan fingerprint density at radius 2 is 1.75 bits per heavy atom. The van der Waals surface area contributed by atoms with Gasteiger partial charge in [0.05, 0.1) is 11.5 Å². The first-order valence-corrected chi connectivity index (χ1v) is 4.59. The lowest BCUT2D eigenvalue weighted by Crippen LogP contribution is -2.11. The van der Waals surface area contributed by atoms with Gasteiger partial charge in [-0.2, -0.15) is 0 Å². The Hall–Kier alpha value is -1.38. The van der Waals surface area contributed by atoms with E-state index in [1.165, 1.54) is 24.3 Å². The van der Waals surface area contributed by atoms with Crippen LogP contribution in [0, 0.1) is 6.57 Å². The van der Waals surface area contributed by atoms with Gasteiger partial charge in [-0.05, 0) is 0 Å². The summed E-state index contributed by atoms with van der Waals surface area (Å²) in [5.41, 5.74) is 0.391. The maximum absolute atomic E-state index is 10.7. The van der Waals surface area contributed by atoms with E-state index in [4.69, 9.17) is 11.7 Å². The molecule has 1 rings (SSSR count). The molecule has 0 unspecified atom stereocenters. The van der Waals surface area contributed by atoms with Crippen molar-refractivity contribution in [3.8, 4) is 0 Å². The van der Waals surface area contributed by atoms with Crippen LogP contribution in [0.15, 0.2) is 29.2 Å². The molecule has 0 amide bonds. The van der Waals surface area contributed by atoms with Gasteiger partial charge in [0.15, 0.2) is 5.69 Å². The number of sulfonamides is 1. The van der Waals surface area contributed by atoms with Crippen LogP contribution in [0.5, 0.6) is 0 Å². The summed E-state index contributed by atoms with van der Waals surface area (Å²) in [6.45, 7) is 6.61. The standard InChI is InChI=1S/C7H6N2O2S/c1-9-6-2-4-7(5-3-6)12(8,10)11/h2-5H,(H2,8,10,11). The summed E-state index contributed by atoms with van der Waals surface area (Å²) in [5, 5.41) is 4.84. The molecule has 0 saturated heterocycles. The van der Waals surface area contributed by atoms with Crippen molar-refractivity contribution in [1.29, 1.82) is 0 Å². The van der Waals surface area contributed by atoms with Crippen molar-refractivity contribution in [1.82, 2.24) is 0 Å². The first-order valence-electron chi connectivity index (χ1n) is 3.04. The van der Waals surface area contributed by atoms with Gasteiger partial charge >= 0.3 is 0 Å². The van der Waals surface area contributed by atoms with E-state index in [2.05, 4.69) is 4.85 Å². The van der Waals surface area contributed by atoms with E-state index in [0.29, 0.717) is 5.69 Å². The Labute approximate surface area is 70.5 Å². The van der Waals surface area contributed by atoms with Crippen molar-refractivity contribution in [2.45, 2.75) is 4.90 Å². The molecule has 62 valence electrons. The lowest BCUT2D eigenvalue weighted by Gasteiger charge is -1.95. The minimum Gasteiger partial charge on any atom is -0.238 e. The number of hydrogen-bond donors (Lipinski definition) is 1. The predicted octanol–water partition coefficient (Wildman–Crippen LogP) is 0.885. The maximum Gasteiger partial charge on any atom is 0.237 e. The number of nitrogens with zero attached hydrogens (tertiary/aromatic N) is 1. The zero-order valence-corrected chi connectivity index (χ0v) is 6.88. The van der Waals surface area contributed by atoms with Crippen molar-refractivity contribution < 1.29 is 8.42 Å². The summed E-state index contributed by atoms with van der Waals surface area (Å²) in [4.78, 5) is 3.13. The molecule has 0 heterocycles. The van der Waals surface area contributed by atoms with Crippen molar-refractivity contribution in [3.05, 3.63) is 35.7 Å². The second-order valence-corrected chi connectivity index (χ2v) is 3.71. The third-order valence-corrected chi connectivity index (χ3v) is 2.22. The Morgan fingerprint density at radius 1 is 1.25 bits per heavy atom. The fourth-order valence-corrected chi connectivity index (χ4v) is 1.23. The molecule has 0 fully saturated rings. The molecule has 0 radical (unpaired) electrons. The van der Waals surface area contributed by atoms with E-state index in [9.17, 15) is 8.42 Å². The van der Waals surface area contributed by atoms with E-state index in [0.717, 1.165) is 0 Å². The third-order valence-electron chi connectivity index (χ3n) is 1.29. The summed E-state index contributed by atoms with van der Waals surface area (Å²) < 4.78 is 21.5. The molecule has 0 saturated carbocycles. The molecular weight excluding hydrogens is 176 g/mol. The second kappa shape index (κ2) is 2.93. The van der Waals surface area contributed by atoms with Crippen LogP contribution in [0.3, 0.4) is 0 Å². The molecule has 4 nitrogen and oxygen atoms in total. The van der Waals surface area contributed by atoms with Gasteiger partial charge in [0.25, 0.3) is 0 Å². The summed E-state index contributed by atoms with van der Waals surface area (Å²) in [6, 6.07) is 5.44. The first-order chi connectivity index (χ1) is 5.54. The van der Waals surface area contributed by atoms with Gasteiger partial charge in [-0.25, -0.2) is 18.4 Å². The molecular formula is C7H6N2O2S. The Balaban J connectivity index is 3.20. The van der Waals surface area contributed by atoms with E-state index < -0.39 is 10.0 Å². The molecule has 0 spiro atoms. The fraction of sp³-hybridized carbons (Fsp3) is 0. The first kappa shape index (κ1) is 8.71. The number of hydrogen-bond acceptors (Lipinski definition) is 2. The average Bonchev–Trinajstić information content (AvgIpc) is 2.03. The lowest BCUT2D eigenvalue weighted by molar-refractivity contribution is 0.598. The minimum atomic E-state index is -3.63. The van der Waals surface area contributed by atoms with Gasteiger partial charge < -0.3 is 0 Å². The summed E-state index contributed by atoms with van der Waals surface area (Å²) in [7, 11) is -3.63. The van der Waals surface area contributed by atoms with E-state index in [-0.39, 0.29) is 4.90 Å². The van der Waals surface area contributed by atoms with Crippen LogP contribution in [0.1, 0.15) is 0 Å². The molecule has 0 aliphatic heterocycles. The zero-order valence-electron chi connectivity index (χ0n) is 6.06. The lowest BCUT2D eigenvalue weighted by atomic mass is 10.3. The third kappa shape index (κ3) is 1.81. The quantitative estimate of drug-likeness (QED) is 0.655. The highest BCUT2D eigenvalue weighted by molar-refractivity contribution is 7.89. The Morgan fingerprint density at radius 3 is 2.08 bits per heavy atom. The molecule has 12 heavy (non-hydrogen) atoms. The highest BCUT2D eigenvalue weighted by Crippen LogP contribution is 2.14. The fourth-order valence-electron chi connectivity index (χ4n) is 0.710. The number of rotatable bonds is 1.